The van der Waals surface area contributed by atoms with Crippen LogP contribution in [0.1, 0.15) is 35.3 Å². The molecule has 3 heterocycles. The molecule has 1 aliphatic heterocycles. The Morgan fingerprint density at radius 1 is 1.24 bits per heavy atom. The highest BCUT2D eigenvalue weighted by molar-refractivity contribution is 7.15. The average molecular weight is 361 g/mol. The molecule has 9 heteroatoms. The van der Waals surface area contributed by atoms with Crippen molar-refractivity contribution in [3.05, 3.63) is 23.1 Å². The van der Waals surface area contributed by atoms with Crippen LogP contribution >= 0.6 is 11.3 Å². The molecule has 2 aromatic rings. The van der Waals surface area contributed by atoms with Crippen molar-refractivity contribution in [3.8, 4) is 0 Å². The van der Waals surface area contributed by atoms with Gasteiger partial charge < -0.3 is 9.80 Å². The van der Waals surface area contributed by atoms with Gasteiger partial charge in [-0.25, -0.2) is 9.97 Å². The van der Waals surface area contributed by atoms with Gasteiger partial charge in [-0.2, -0.15) is 0 Å². The molecule has 0 radical (unpaired) electrons. The lowest BCUT2D eigenvalue weighted by atomic mass is 10.3. The molecule has 1 amide bonds. The molecule has 134 valence electrons. The predicted molar refractivity (Wildman–Crippen MR) is 98.2 cm³/mol. The van der Waals surface area contributed by atoms with E-state index in [-0.39, 0.29) is 5.91 Å². The van der Waals surface area contributed by atoms with Crippen molar-refractivity contribution < 1.29 is 4.79 Å². The topological polar surface area (TPSA) is 87.1 Å². The van der Waals surface area contributed by atoms with Crippen LogP contribution in [0.15, 0.2) is 12.4 Å². The molecule has 0 spiro atoms. The molecule has 8 nitrogen and oxygen atoms in total. The summed E-state index contributed by atoms with van der Waals surface area (Å²) >= 11 is 1.41. The van der Waals surface area contributed by atoms with Gasteiger partial charge >= 0.3 is 0 Å². The van der Waals surface area contributed by atoms with Crippen LogP contribution in [0.5, 0.6) is 0 Å². The van der Waals surface area contributed by atoms with Crippen molar-refractivity contribution in [3.63, 3.8) is 0 Å². The predicted octanol–water partition coefficient (Wildman–Crippen LogP) is 1.67. The van der Waals surface area contributed by atoms with Crippen molar-refractivity contribution in [2.45, 2.75) is 26.2 Å². The molecule has 0 unspecified atom stereocenters. The van der Waals surface area contributed by atoms with E-state index in [9.17, 15) is 4.79 Å². The second-order valence-electron chi connectivity index (χ2n) is 6.11. The number of aryl methyl sites for hydroxylation is 1. The number of unbranched alkanes of at least 4 members (excludes halogenated alkanes) is 1. The summed E-state index contributed by atoms with van der Waals surface area (Å²) in [5.74, 6) is 0.505. The normalized spacial score (nSPS) is 15.4. The molecule has 0 aliphatic carbocycles. The quantitative estimate of drug-likeness (QED) is 0.837. The average Bonchev–Trinajstić information content (AvgIpc) is 3.08. The van der Waals surface area contributed by atoms with Crippen LogP contribution < -0.4 is 10.2 Å². The highest BCUT2D eigenvalue weighted by Gasteiger charge is 2.18. The number of hydrogen-bond donors (Lipinski definition) is 1. The Bertz CT molecular complexity index is 712. The fraction of sp³-hybridized carbons (Fsp3) is 0.562. The smallest absolute Gasteiger partial charge is 0.276 e. The number of nitrogens with zero attached hydrogens (tertiary/aromatic N) is 6. The van der Waals surface area contributed by atoms with Crippen LogP contribution in [0.2, 0.25) is 0 Å². The second kappa shape index (κ2) is 8.30. The maximum atomic E-state index is 12.4. The molecule has 2 aromatic heterocycles. The first kappa shape index (κ1) is 17.7. The number of nitrogens with one attached hydrogen (secondary N) is 1. The van der Waals surface area contributed by atoms with E-state index in [1.807, 2.05) is 0 Å². The van der Waals surface area contributed by atoms with Gasteiger partial charge in [0.05, 0.1) is 0 Å². The first-order valence-electron chi connectivity index (χ1n) is 8.55. The monoisotopic (exact) mass is 361 g/mol. The zero-order valence-corrected chi connectivity index (χ0v) is 15.4. The van der Waals surface area contributed by atoms with Crippen LogP contribution in [0.4, 0.5) is 10.9 Å². The lowest BCUT2D eigenvalue weighted by Gasteiger charge is -2.33. The van der Waals surface area contributed by atoms with E-state index in [1.165, 1.54) is 17.7 Å². The SMILES string of the molecule is CCCCc1nnc(NC(=O)c2cc(N3CCN(C)CC3)ncn2)s1. The fourth-order valence-electron chi connectivity index (χ4n) is 2.57. The Balaban J connectivity index is 1.64. The van der Waals surface area contributed by atoms with Gasteiger partial charge in [-0.3, -0.25) is 10.1 Å². The van der Waals surface area contributed by atoms with Gasteiger partial charge in [0.15, 0.2) is 0 Å². The lowest BCUT2D eigenvalue weighted by molar-refractivity contribution is 0.102. The van der Waals surface area contributed by atoms with Crippen molar-refractivity contribution in [1.29, 1.82) is 0 Å². The summed E-state index contributed by atoms with van der Waals surface area (Å²) in [6.45, 7) is 5.89. The van der Waals surface area contributed by atoms with Crippen molar-refractivity contribution in [2.24, 2.45) is 0 Å². The summed E-state index contributed by atoms with van der Waals surface area (Å²) in [6, 6.07) is 1.74. The molecule has 1 N–H and O–H groups in total. The Kier molecular flexibility index (Phi) is 5.87. The maximum Gasteiger partial charge on any atom is 0.276 e. The molecule has 3 rings (SSSR count). The molecule has 1 aliphatic rings. The highest BCUT2D eigenvalue weighted by atomic mass is 32.1. The molecule has 25 heavy (non-hydrogen) atoms. The number of amides is 1. The molecular formula is C16H23N7OS. The van der Waals surface area contributed by atoms with E-state index < -0.39 is 0 Å². The summed E-state index contributed by atoms with van der Waals surface area (Å²) in [5, 5.41) is 12.4. The van der Waals surface area contributed by atoms with E-state index >= 15 is 0 Å². The lowest BCUT2D eigenvalue weighted by Crippen LogP contribution is -2.44. The number of likely N-dealkylation sites (N-methyl/N-ethyl adjacent to an activating group) is 1. The van der Waals surface area contributed by atoms with Gasteiger partial charge in [0.25, 0.3) is 5.91 Å². The number of anilines is 2. The van der Waals surface area contributed by atoms with E-state index in [2.05, 4.69) is 49.3 Å². The molecular weight excluding hydrogens is 338 g/mol. The first-order chi connectivity index (χ1) is 12.2. The van der Waals surface area contributed by atoms with Crippen LogP contribution in [0, 0.1) is 0 Å². The number of aromatic nitrogens is 4. The van der Waals surface area contributed by atoms with Gasteiger partial charge in [-0.1, -0.05) is 24.7 Å². The zero-order valence-electron chi connectivity index (χ0n) is 14.6. The van der Waals surface area contributed by atoms with Crippen LogP contribution in [-0.4, -0.2) is 64.2 Å². The van der Waals surface area contributed by atoms with Crippen molar-refractivity contribution in [1.82, 2.24) is 25.1 Å². The number of hydrogen-bond acceptors (Lipinski definition) is 8. The van der Waals surface area contributed by atoms with E-state index in [1.54, 1.807) is 6.07 Å². The molecule has 0 saturated carbocycles. The van der Waals surface area contributed by atoms with Crippen LogP contribution in [-0.2, 0) is 6.42 Å². The standard InChI is InChI=1S/C16H23N7OS/c1-3-4-5-14-20-21-16(25-14)19-15(24)12-10-13(18-11-17-12)23-8-6-22(2)7-9-23/h10-11H,3-9H2,1-2H3,(H,19,21,24). The number of carbonyl (C=O) groups is 1. The second-order valence-corrected chi connectivity index (χ2v) is 7.17. The Morgan fingerprint density at radius 2 is 2.04 bits per heavy atom. The maximum absolute atomic E-state index is 12.4. The van der Waals surface area contributed by atoms with E-state index in [4.69, 9.17) is 0 Å². The summed E-state index contributed by atoms with van der Waals surface area (Å²) in [6.07, 6.45) is 4.51. The van der Waals surface area contributed by atoms with Crippen molar-refractivity contribution in [2.75, 3.05) is 43.4 Å². The molecule has 1 fully saturated rings. The Hall–Kier alpha value is -2.13. The Labute approximate surface area is 151 Å². The van der Waals surface area contributed by atoms with Crippen LogP contribution in [0.25, 0.3) is 0 Å². The fourth-order valence-corrected chi connectivity index (χ4v) is 3.35. The summed E-state index contributed by atoms with van der Waals surface area (Å²) in [5.41, 5.74) is 0.342. The van der Waals surface area contributed by atoms with E-state index in [0.29, 0.717) is 10.8 Å². The molecule has 0 atom stereocenters. The summed E-state index contributed by atoms with van der Waals surface area (Å²) in [4.78, 5) is 25.3. The molecule has 0 aromatic carbocycles. The zero-order chi connectivity index (χ0) is 17.6. The minimum Gasteiger partial charge on any atom is -0.354 e. The molecule has 1 saturated heterocycles. The summed E-state index contributed by atoms with van der Waals surface area (Å²) < 4.78 is 0. The van der Waals surface area contributed by atoms with Gasteiger partial charge in [-0.05, 0) is 13.5 Å². The number of rotatable bonds is 6. The number of carbonyl (C=O) groups excluding carboxylic acids is 1. The number of piperazine rings is 1. The summed E-state index contributed by atoms with van der Waals surface area (Å²) in [7, 11) is 2.10. The first-order valence-corrected chi connectivity index (χ1v) is 9.36. The Morgan fingerprint density at radius 3 is 2.80 bits per heavy atom. The van der Waals surface area contributed by atoms with Gasteiger partial charge in [0, 0.05) is 38.7 Å². The minimum atomic E-state index is -0.282. The highest BCUT2D eigenvalue weighted by Crippen LogP contribution is 2.19. The van der Waals surface area contributed by atoms with Crippen LogP contribution in [0.3, 0.4) is 0 Å². The van der Waals surface area contributed by atoms with Crippen molar-refractivity contribution >= 4 is 28.2 Å². The molecule has 0 bridgehead atoms. The largest absolute Gasteiger partial charge is 0.354 e. The third kappa shape index (κ3) is 4.70. The van der Waals surface area contributed by atoms with Gasteiger partial charge in [0.1, 0.15) is 22.8 Å². The van der Waals surface area contributed by atoms with Gasteiger partial charge in [0.2, 0.25) is 5.13 Å². The van der Waals surface area contributed by atoms with E-state index in [0.717, 1.165) is 56.3 Å². The third-order valence-corrected chi connectivity index (χ3v) is 5.04. The minimum absolute atomic E-state index is 0.282. The third-order valence-electron chi connectivity index (χ3n) is 4.14. The van der Waals surface area contributed by atoms with Gasteiger partial charge in [-0.15, -0.1) is 10.2 Å².